The maximum Gasteiger partial charge on any atom is 0.293 e. The predicted octanol–water partition coefficient (Wildman–Crippen LogP) is 1.70. The highest BCUT2D eigenvalue weighted by atomic mass is 16.5. The molecule has 7 heteroatoms. The minimum Gasteiger partial charge on any atom is -0.485 e. The second-order valence-corrected chi connectivity index (χ2v) is 6.89. The summed E-state index contributed by atoms with van der Waals surface area (Å²) in [5.41, 5.74) is 0.0148. The summed E-state index contributed by atoms with van der Waals surface area (Å²) >= 11 is 0. The van der Waals surface area contributed by atoms with E-state index in [1.54, 1.807) is 18.6 Å². The Kier molecular flexibility index (Phi) is 4.07. The summed E-state index contributed by atoms with van der Waals surface area (Å²) in [5.74, 6) is 2.13. The van der Waals surface area contributed by atoms with E-state index in [-0.39, 0.29) is 11.7 Å². The van der Waals surface area contributed by atoms with E-state index in [1.165, 1.54) is 0 Å². The van der Waals surface area contributed by atoms with Crippen molar-refractivity contribution >= 4 is 11.6 Å². The number of pyridine rings is 1. The molecule has 3 heterocycles. The van der Waals surface area contributed by atoms with Gasteiger partial charge in [0.05, 0.1) is 6.54 Å². The van der Waals surface area contributed by atoms with Crippen LogP contribution < -0.4 is 20.1 Å². The van der Waals surface area contributed by atoms with Gasteiger partial charge in [-0.3, -0.25) is 4.79 Å². The molecule has 0 N–H and O–H groups in total. The third-order valence-electron chi connectivity index (χ3n) is 4.70. The maximum absolute atomic E-state index is 12.6. The van der Waals surface area contributed by atoms with Crippen LogP contribution in [0.1, 0.15) is 25.3 Å². The topological polar surface area (TPSA) is 63.5 Å². The number of hydrogen-bond donors (Lipinski definition) is 0. The molecule has 2 aromatic rings. The maximum atomic E-state index is 12.6. The van der Waals surface area contributed by atoms with Gasteiger partial charge in [0.15, 0.2) is 17.4 Å². The SMILES string of the molecule is CN(C)c1ncccc1OC1CCN(c2nccn(C3CC3)c2=O)C1. The van der Waals surface area contributed by atoms with Crippen molar-refractivity contribution in [2.75, 3.05) is 37.0 Å². The third-order valence-corrected chi connectivity index (χ3v) is 4.70. The van der Waals surface area contributed by atoms with Crippen molar-refractivity contribution in [2.45, 2.75) is 31.4 Å². The first-order valence-corrected chi connectivity index (χ1v) is 8.74. The summed E-state index contributed by atoms with van der Waals surface area (Å²) in [7, 11) is 3.90. The molecule has 0 aromatic carbocycles. The van der Waals surface area contributed by atoms with E-state index < -0.39 is 0 Å². The fourth-order valence-electron chi connectivity index (χ4n) is 3.28. The highest BCUT2D eigenvalue weighted by Gasteiger charge is 2.30. The molecular formula is C18H23N5O2. The smallest absolute Gasteiger partial charge is 0.293 e. The van der Waals surface area contributed by atoms with Crippen LogP contribution in [0, 0.1) is 0 Å². The van der Waals surface area contributed by atoms with Crippen molar-refractivity contribution in [3.05, 3.63) is 41.1 Å². The minimum atomic E-state index is 0.0148. The first kappa shape index (κ1) is 15.9. The molecule has 2 fully saturated rings. The van der Waals surface area contributed by atoms with E-state index in [0.717, 1.165) is 37.4 Å². The second kappa shape index (κ2) is 6.38. The van der Waals surface area contributed by atoms with Gasteiger partial charge in [0.1, 0.15) is 6.10 Å². The van der Waals surface area contributed by atoms with Gasteiger partial charge >= 0.3 is 0 Å². The van der Waals surface area contributed by atoms with Crippen LogP contribution in [0.5, 0.6) is 5.75 Å². The lowest BCUT2D eigenvalue weighted by Gasteiger charge is -2.20. The molecule has 1 aliphatic heterocycles. The number of ether oxygens (including phenoxy) is 1. The fraction of sp³-hybridized carbons (Fsp3) is 0.500. The summed E-state index contributed by atoms with van der Waals surface area (Å²) in [5, 5.41) is 0. The van der Waals surface area contributed by atoms with Crippen molar-refractivity contribution in [1.82, 2.24) is 14.5 Å². The molecule has 0 bridgehead atoms. The van der Waals surface area contributed by atoms with E-state index in [1.807, 2.05) is 40.6 Å². The fourth-order valence-corrected chi connectivity index (χ4v) is 3.28. The molecule has 1 saturated carbocycles. The number of hydrogen-bond acceptors (Lipinski definition) is 6. The van der Waals surface area contributed by atoms with Crippen molar-refractivity contribution < 1.29 is 4.74 Å². The van der Waals surface area contributed by atoms with Crippen LogP contribution in [-0.4, -0.2) is 47.8 Å². The van der Waals surface area contributed by atoms with Crippen LogP contribution in [-0.2, 0) is 0 Å². The summed E-state index contributed by atoms with van der Waals surface area (Å²) in [4.78, 5) is 25.3. The number of anilines is 2. The van der Waals surface area contributed by atoms with Gasteiger partial charge in [0.25, 0.3) is 5.56 Å². The number of nitrogens with zero attached hydrogens (tertiary/aromatic N) is 5. The van der Waals surface area contributed by atoms with E-state index in [2.05, 4.69) is 9.97 Å². The van der Waals surface area contributed by atoms with Gasteiger partial charge in [0.2, 0.25) is 0 Å². The van der Waals surface area contributed by atoms with E-state index >= 15 is 0 Å². The zero-order valence-electron chi connectivity index (χ0n) is 14.6. The molecule has 2 aliphatic rings. The number of aromatic nitrogens is 3. The van der Waals surface area contributed by atoms with Gasteiger partial charge < -0.3 is 19.1 Å². The van der Waals surface area contributed by atoms with Crippen molar-refractivity contribution in [3.8, 4) is 5.75 Å². The molecule has 1 aliphatic carbocycles. The molecule has 1 saturated heterocycles. The van der Waals surface area contributed by atoms with Crippen LogP contribution in [0.3, 0.4) is 0 Å². The molecule has 2 aromatic heterocycles. The largest absolute Gasteiger partial charge is 0.485 e. The quantitative estimate of drug-likeness (QED) is 0.825. The van der Waals surface area contributed by atoms with Crippen LogP contribution in [0.4, 0.5) is 11.6 Å². The standard InChI is InChI=1S/C18H23N5O2/c1-21(2)16-15(4-3-8-19-16)25-14-7-10-22(12-14)17-18(24)23(11-9-20-17)13-5-6-13/h3-4,8-9,11,13-14H,5-7,10,12H2,1-2H3. The molecular weight excluding hydrogens is 318 g/mol. The molecule has 4 rings (SSSR count). The van der Waals surface area contributed by atoms with Crippen molar-refractivity contribution in [2.24, 2.45) is 0 Å². The molecule has 7 nitrogen and oxygen atoms in total. The lowest BCUT2D eigenvalue weighted by molar-refractivity contribution is 0.225. The van der Waals surface area contributed by atoms with Crippen LogP contribution in [0.25, 0.3) is 0 Å². The summed E-state index contributed by atoms with van der Waals surface area (Å²) < 4.78 is 7.99. The highest BCUT2D eigenvalue weighted by molar-refractivity contribution is 5.51. The normalized spacial score (nSPS) is 19.9. The Hall–Kier alpha value is -2.57. The van der Waals surface area contributed by atoms with Gasteiger partial charge in [0, 0.05) is 51.7 Å². The van der Waals surface area contributed by atoms with Gasteiger partial charge in [-0.1, -0.05) is 0 Å². The zero-order valence-corrected chi connectivity index (χ0v) is 14.6. The minimum absolute atomic E-state index is 0.0148. The van der Waals surface area contributed by atoms with Gasteiger partial charge in [-0.05, 0) is 25.0 Å². The average molecular weight is 341 g/mol. The molecule has 1 atom stereocenters. The van der Waals surface area contributed by atoms with Gasteiger partial charge in [-0.15, -0.1) is 0 Å². The summed E-state index contributed by atoms with van der Waals surface area (Å²) in [6.45, 7) is 1.44. The van der Waals surface area contributed by atoms with E-state index in [4.69, 9.17) is 4.74 Å². The first-order chi connectivity index (χ1) is 12.1. The molecule has 0 amide bonds. The van der Waals surface area contributed by atoms with Crippen LogP contribution >= 0.6 is 0 Å². The van der Waals surface area contributed by atoms with Crippen molar-refractivity contribution in [1.29, 1.82) is 0 Å². The Balaban J connectivity index is 1.49. The Labute approximate surface area is 146 Å². The van der Waals surface area contributed by atoms with Crippen molar-refractivity contribution in [3.63, 3.8) is 0 Å². The molecule has 0 radical (unpaired) electrons. The average Bonchev–Trinajstić information content (AvgIpc) is 3.35. The highest BCUT2D eigenvalue weighted by Crippen LogP contribution is 2.33. The number of rotatable bonds is 5. The van der Waals surface area contributed by atoms with E-state index in [9.17, 15) is 4.79 Å². The molecule has 25 heavy (non-hydrogen) atoms. The lowest BCUT2D eigenvalue weighted by Crippen LogP contribution is -2.33. The van der Waals surface area contributed by atoms with Gasteiger partial charge in [-0.2, -0.15) is 0 Å². The zero-order chi connectivity index (χ0) is 17.4. The Bertz CT molecular complexity index is 815. The Morgan fingerprint density at radius 3 is 2.80 bits per heavy atom. The molecule has 0 spiro atoms. The third kappa shape index (κ3) is 3.18. The monoisotopic (exact) mass is 341 g/mol. The van der Waals surface area contributed by atoms with Crippen LogP contribution in [0.2, 0.25) is 0 Å². The first-order valence-electron chi connectivity index (χ1n) is 8.74. The van der Waals surface area contributed by atoms with Crippen LogP contribution in [0.15, 0.2) is 35.5 Å². The van der Waals surface area contributed by atoms with Gasteiger partial charge in [-0.25, -0.2) is 9.97 Å². The summed E-state index contributed by atoms with van der Waals surface area (Å²) in [6, 6.07) is 4.18. The molecule has 132 valence electrons. The lowest BCUT2D eigenvalue weighted by atomic mass is 10.3. The summed E-state index contributed by atoms with van der Waals surface area (Å²) in [6.07, 6.45) is 8.35. The Morgan fingerprint density at radius 2 is 2.04 bits per heavy atom. The van der Waals surface area contributed by atoms with E-state index in [0.29, 0.717) is 18.4 Å². The predicted molar refractivity (Wildman–Crippen MR) is 96.6 cm³/mol. The molecule has 1 unspecified atom stereocenters. The Morgan fingerprint density at radius 1 is 1.20 bits per heavy atom. The second-order valence-electron chi connectivity index (χ2n) is 6.89.